The van der Waals surface area contributed by atoms with E-state index in [1.165, 1.54) is 0 Å². The van der Waals surface area contributed by atoms with E-state index < -0.39 is 15.9 Å². The van der Waals surface area contributed by atoms with Crippen molar-refractivity contribution in [2.45, 2.75) is 25.9 Å². The van der Waals surface area contributed by atoms with Crippen molar-refractivity contribution in [3.63, 3.8) is 0 Å². The fourth-order valence-electron chi connectivity index (χ4n) is 3.09. The largest absolute Gasteiger partial charge is 0.478 e. The molecule has 1 aliphatic rings. The van der Waals surface area contributed by atoms with Gasteiger partial charge in [-0.05, 0) is 24.1 Å². The van der Waals surface area contributed by atoms with Crippen molar-refractivity contribution < 1.29 is 17.9 Å². The summed E-state index contributed by atoms with van der Waals surface area (Å²) < 4.78 is 29.0. The Morgan fingerprint density at radius 2 is 2.04 bits per heavy atom. The van der Waals surface area contributed by atoms with Crippen LogP contribution in [-0.2, 0) is 32.3 Å². The minimum absolute atomic E-state index is 0.0599. The van der Waals surface area contributed by atoms with Crippen LogP contribution in [0.15, 0.2) is 47.6 Å². The van der Waals surface area contributed by atoms with Gasteiger partial charge in [0.25, 0.3) is 0 Å². The van der Waals surface area contributed by atoms with Gasteiger partial charge in [-0.2, -0.15) is 0 Å². The lowest BCUT2D eigenvalue weighted by molar-refractivity contribution is -0.121. The highest BCUT2D eigenvalue weighted by Gasteiger charge is 2.22. The Labute approximate surface area is 164 Å². The van der Waals surface area contributed by atoms with Crippen LogP contribution in [0.25, 0.3) is 0 Å². The quantitative estimate of drug-likeness (QED) is 0.763. The van der Waals surface area contributed by atoms with Crippen molar-refractivity contribution in [3.8, 4) is 0 Å². The maximum Gasteiger partial charge on any atom is 0.226 e. The molecule has 0 fully saturated rings. The normalized spacial score (nSPS) is 14.1. The Hall–Kier alpha value is -2.74. The Morgan fingerprint density at radius 1 is 1.29 bits per heavy atom. The van der Waals surface area contributed by atoms with Gasteiger partial charge in [0.15, 0.2) is 0 Å². The topological polar surface area (TPSA) is 97.7 Å². The number of nitrogens with zero attached hydrogens (tertiary/aromatic N) is 2. The van der Waals surface area contributed by atoms with Crippen LogP contribution in [0.2, 0.25) is 0 Å². The number of ether oxygens (including phenoxy) is 1. The number of hydrogen-bond donors (Lipinski definition) is 1. The molecule has 7 nitrogen and oxygen atoms in total. The molecule has 1 N–H and O–H groups in total. The predicted octanol–water partition coefficient (Wildman–Crippen LogP) is 1.82. The number of rotatable bonds is 7. The summed E-state index contributed by atoms with van der Waals surface area (Å²) >= 11 is 0. The van der Waals surface area contributed by atoms with Gasteiger partial charge in [0.05, 0.1) is 42.6 Å². The predicted molar refractivity (Wildman–Crippen MR) is 107 cm³/mol. The van der Waals surface area contributed by atoms with E-state index in [4.69, 9.17) is 4.74 Å². The van der Waals surface area contributed by atoms with E-state index in [1.807, 2.05) is 31.2 Å². The van der Waals surface area contributed by atoms with E-state index in [1.54, 1.807) is 18.3 Å². The third-order valence-corrected chi connectivity index (χ3v) is 5.24. The maximum absolute atomic E-state index is 12.5. The first-order valence-electron chi connectivity index (χ1n) is 9.03. The SMILES string of the molecule is CCOC1=NCc2cc(CC(=O)NC(CS(C)(=O)=O)c3ccccc3)ncc21. The second-order valence-electron chi connectivity index (χ2n) is 6.69. The average molecular weight is 401 g/mol. The number of amides is 1. The summed E-state index contributed by atoms with van der Waals surface area (Å²) in [7, 11) is -3.27. The Balaban J connectivity index is 1.70. The molecule has 2 aromatic rings. The molecule has 3 rings (SSSR count). The first-order chi connectivity index (χ1) is 13.4. The van der Waals surface area contributed by atoms with Crippen LogP contribution in [-0.4, -0.2) is 43.8 Å². The van der Waals surface area contributed by atoms with E-state index in [2.05, 4.69) is 15.3 Å². The third kappa shape index (κ3) is 5.16. The van der Waals surface area contributed by atoms with Gasteiger partial charge in [0.1, 0.15) is 9.84 Å². The van der Waals surface area contributed by atoms with Crippen molar-refractivity contribution in [1.82, 2.24) is 10.3 Å². The van der Waals surface area contributed by atoms with Gasteiger partial charge < -0.3 is 10.1 Å². The number of benzene rings is 1. The van der Waals surface area contributed by atoms with E-state index in [0.717, 1.165) is 22.9 Å². The summed E-state index contributed by atoms with van der Waals surface area (Å²) in [4.78, 5) is 21.2. The van der Waals surface area contributed by atoms with E-state index in [-0.39, 0.29) is 18.1 Å². The van der Waals surface area contributed by atoms with Crippen molar-refractivity contribution in [2.24, 2.45) is 4.99 Å². The van der Waals surface area contributed by atoms with Crippen LogP contribution >= 0.6 is 0 Å². The number of carbonyl (C=O) groups excluding carboxylic acids is 1. The molecule has 1 unspecified atom stereocenters. The number of aromatic nitrogens is 1. The highest BCUT2D eigenvalue weighted by Crippen LogP contribution is 2.20. The lowest BCUT2D eigenvalue weighted by Gasteiger charge is -2.18. The maximum atomic E-state index is 12.5. The number of aliphatic imine (C=N–C) groups is 1. The molecule has 1 atom stereocenters. The Morgan fingerprint density at radius 3 is 2.71 bits per heavy atom. The molecule has 28 heavy (non-hydrogen) atoms. The van der Waals surface area contributed by atoms with Gasteiger partial charge in [-0.15, -0.1) is 0 Å². The molecule has 1 aromatic heterocycles. The highest BCUT2D eigenvalue weighted by atomic mass is 32.2. The summed E-state index contributed by atoms with van der Waals surface area (Å²) in [6, 6.07) is 10.3. The van der Waals surface area contributed by atoms with Crippen molar-refractivity contribution >= 4 is 21.6 Å². The number of nitrogens with one attached hydrogen (secondary N) is 1. The third-order valence-electron chi connectivity index (χ3n) is 4.30. The minimum atomic E-state index is -3.27. The molecule has 0 bridgehead atoms. The summed E-state index contributed by atoms with van der Waals surface area (Å²) in [6.07, 6.45) is 2.89. The smallest absolute Gasteiger partial charge is 0.226 e. The zero-order valence-corrected chi connectivity index (χ0v) is 16.7. The van der Waals surface area contributed by atoms with E-state index >= 15 is 0 Å². The number of hydrogen-bond acceptors (Lipinski definition) is 6. The standard InChI is InChI=1S/C20H23N3O4S/c1-3-27-20-17-12-21-16(9-15(17)11-22-20)10-19(24)23-18(13-28(2,25)26)14-7-5-4-6-8-14/h4-9,12,18H,3,10-11,13H2,1-2H3,(H,23,24). The van der Waals surface area contributed by atoms with Gasteiger partial charge >= 0.3 is 0 Å². The zero-order chi connectivity index (χ0) is 20.1. The van der Waals surface area contributed by atoms with Gasteiger partial charge in [0.2, 0.25) is 11.8 Å². The fraction of sp³-hybridized carbons (Fsp3) is 0.350. The molecule has 0 spiro atoms. The summed E-state index contributed by atoms with van der Waals surface area (Å²) in [5.74, 6) is 0.138. The molecule has 0 saturated carbocycles. The summed E-state index contributed by atoms with van der Waals surface area (Å²) in [5.41, 5.74) is 3.18. The van der Waals surface area contributed by atoms with Gasteiger partial charge in [-0.1, -0.05) is 30.3 Å². The molecule has 8 heteroatoms. The number of fused-ring (bicyclic) bond motifs is 1. The van der Waals surface area contributed by atoms with E-state index in [9.17, 15) is 13.2 Å². The number of pyridine rings is 1. The average Bonchev–Trinajstić information content (AvgIpc) is 3.03. The van der Waals surface area contributed by atoms with E-state index in [0.29, 0.717) is 24.7 Å². The fourth-order valence-corrected chi connectivity index (χ4v) is 3.97. The monoisotopic (exact) mass is 401 g/mol. The van der Waals surface area contributed by atoms with Crippen LogP contribution < -0.4 is 5.32 Å². The first-order valence-corrected chi connectivity index (χ1v) is 11.1. The number of carbonyl (C=O) groups is 1. The second-order valence-corrected chi connectivity index (χ2v) is 8.87. The van der Waals surface area contributed by atoms with Crippen LogP contribution in [0.3, 0.4) is 0 Å². The molecular formula is C20H23N3O4S. The molecule has 2 heterocycles. The van der Waals surface area contributed by atoms with Crippen LogP contribution in [0.5, 0.6) is 0 Å². The van der Waals surface area contributed by atoms with Crippen LogP contribution in [0, 0.1) is 0 Å². The second kappa shape index (κ2) is 8.52. The highest BCUT2D eigenvalue weighted by molar-refractivity contribution is 7.90. The van der Waals surface area contributed by atoms with Crippen molar-refractivity contribution in [1.29, 1.82) is 0 Å². The molecule has 0 aliphatic carbocycles. The van der Waals surface area contributed by atoms with Gasteiger partial charge in [-0.3, -0.25) is 9.78 Å². The van der Waals surface area contributed by atoms with Gasteiger partial charge in [0, 0.05) is 12.5 Å². The summed E-state index contributed by atoms with van der Waals surface area (Å²) in [6.45, 7) is 2.93. The summed E-state index contributed by atoms with van der Waals surface area (Å²) in [5, 5.41) is 2.82. The van der Waals surface area contributed by atoms with Gasteiger partial charge in [-0.25, -0.2) is 13.4 Å². The van der Waals surface area contributed by atoms with Crippen LogP contribution in [0.1, 0.15) is 35.3 Å². The van der Waals surface area contributed by atoms with Crippen LogP contribution in [0.4, 0.5) is 0 Å². The Bertz CT molecular complexity index is 988. The first kappa shape index (κ1) is 20.0. The molecule has 0 radical (unpaired) electrons. The zero-order valence-electron chi connectivity index (χ0n) is 15.9. The molecule has 0 saturated heterocycles. The number of sulfone groups is 1. The van der Waals surface area contributed by atoms with Crippen molar-refractivity contribution in [2.75, 3.05) is 18.6 Å². The molecule has 148 valence electrons. The molecule has 1 amide bonds. The van der Waals surface area contributed by atoms with Crippen molar-refractivity contribution in [3.05, 3.63) is 65.0 Å². The minimum Gasteiger partial charge on any atom is -0.478 e. The molecular weight excluding hydrogens is 378 g/mol. The Kier molecular flexibility index (Phi) is 6.08. The molecule has 1 aliphatic heterocycles. The lowest BCUT2D eigenvalue weighted by atomic mass is 10.1. The molecule has 1 aromatic carbocycles. The lowest BCUT2D eigenvalue weighted by Crippen LogP contribution is -2.34.